The fraction of sp³-hybridized carbons (Fsp3) is 0.308. The molecule has 17 heavy (non-hydrogen) atoms. The van der Waals surface area contributed by atoms with Crippen LogP contribution in [0.5, 0.6) is 0 Å². The van der Waals surface area contributed by atoms with Crippen molar-refractivity contribution in [2.75, 3.05) is 6.54 Å². The largest absolute Gasteiger partial charge is 0.315 e. The van der Waals surface area contributed by atoms with Crippen molar-refractivity contribution in [3.8, 4) is 0 Å². The number of hydrogen-bond donors (Lipinski definition) is 1. The molecule has 0 bridgehead atoms. The molecule has 3 nitrogen and oxygen atoms in total. The second kappa shape index (κ2) is 4.47. The summed E-state index contributed by atoms with van der Waals surface area (Å²) in [6.45, 7) is 2.86. The van der Waals surface area contributed by atoms with Crippen LogP contribution in [0.1, 0.15) is 16.1 Å². The second-order valence-corrected chi connectivity index (χ2v) is 5.43. The lowest BCUT2D eigenvalue weighted by Crippen LogP contribution is -2.29. The first-order valence-electron chi connectivity index (χ1n) is 5.78. The highest BCUT2D eigenvalue weighted by molar-refractivity contribution is 7.09. The Morgan fingerprint density at radius 1 is 1.29 bits per heavy atom. The number of thiazole rings is 1. The molecule has 0 saturated heterocycles. The first-order chi connectivity index (χ1) is 8.31. The highest BCUT2D eigenvalue weighted by Gasteiger charge is 2.18. The third-order valence-corrected chi connectivity index (χ3v) is 4.08. The number of aromatic nitrogens is 1. The van der Waals surface area contributed by atoms with Crippen LogP contribution in [-0.2, 0) is 19.5 Å². The Bertz CT molecular complexity index is 558. The summed E-state index contributed by atoms with van der Waals surface area (Å²) in [6, 6.07) is 10.5. The number of hydrogen-bond acceptors (Lipinski definition) is 3. The molecular formula is C13H14N2OS. The lowest BCUT2D eigenvalue weighted by Gasteiger charge is -2.26. The van der Waals surface area contributed by atoms with E-state index in [-0.39, 0.29) is 4.87 Å². The van der Waals surface area contributed by atoms with Crippen molar-refractivity contribution in [3.05, 3.63) is 56.1 Å². The van der Waals surface area contributed by atoms with Gasteiger partial charge in [-0.25, -0.2) is 0 Å². The van der Waals surface area contributed by atoms with E-state index < -0.39 is 0 Å². The monoisotopic (exact) mass is 246 g/mol. The van der Waals surface area contributed by atoms with Crippen molar-refractivity contribution in [1.82, 2.24) is 9.88 Å². The van der Waals surface area contributed by atoms with Gasteiger partial charge in [0.1, 0.15) is 0 Å². The van der Waals surface area contributed by atoms with E-state index in [4.69, 9.17) is 0 Å². The summed E-state index contributed by atoms with van der Waals surface area (Å²) in [4.78, 5) is 17.9. The summed E-state index contributed by atoms with van der Waals surface area (Å²) >= 11 is 1.36. The van der Waals surface area contributed by atoms with Crippen LogP contribution >= 0.6 is 11.3 Å². The molecule has 2 heterocycles. The van der Waals surface area contributed by atoms with Gasteiger partial charge in [-0.2, -0.15) is 0 Å². The predicted octanol–water partition coefficient (Wildman–Crippen LogP) is 1.99. The molecule has 0 spiro atoms. The average Bonchev–Trinajstić information content (AvgIpc) is 2.70. The maximum Gasteiger partial charge on any atom is 0.304 e. The van der Waals surface area contributed by atoms with Crippen molar-refractivity contribution < 1.29 is 0 Å². The van der Waals surface area contributed by atoms with Crippen LogP contribution in [0.2, 0.25) is 0 Å². The standard InChI is InChI=1S/C13H14N2OS/c16-13-14-11-9-15(7-6-12(11)17-13)8-10-4-2-1-3-5-10/h1-5H,6-9H2,(H,14,16). The van der Waals surface area contributed by atoms with E-state index in [0.717, 1.165) is 31.7 Å². The first kappa shape index (κ1) is 10.7. The van der Waals surface area contributed by atoms with Crippen LogP contribution in [0.3, 0.4) is 0 Å². The van der Waals surface area contributed by atoms with Gasteiger partial charge < -0.3 is 4.98 Å². The van der Waals surface area contributed by atoms with Gasteiger partial charge in [0, 0.05) is 30.2 Å². The third-order valence-electron chi connectivity index (χ3n) is 3.09. The Morgan fingerprint density at radius 3 is 2.94 bits per heavy atom. The van der Waals surface area contributed by atoms with Gasteiger partial charge in [0.2, 0.25) is 0 Å². The molecule has 1 aliphatic heterocycles. The van der Waals surface area contributed by atoms with E-state index in [1.54, 1.807) is 0 Å². The van der Waals surface area contributed by atoms with Gasteiger partial charge in [0.15, 0.2) is 0 Å². The average molecular weight is 246 g/mol. The Hall–Kier alpha value is -1.39. The van der Waals surface area contributed by atoms with Gasteiger partial charge in [-0.1, -0.05) is 41.7 Å². The zero-order valence-corrected chi connectivity index (χ0v) is 10.3. The molecule has 4 heteroatoms. The second-order valence-electron chi connectivity index (χ2n) is 4.36. The fourth-order valence-electron chi connectivity index (χ4n) is 2.26. The molecule has 1 aromatic carbocycles. The lowest BCUT2D eigenvalue weighted by atomic mass is 10.1. The summed E-state index contributed by atoms with van der Waals surface area (Å²) in [5.41, 5.74) is 2.44. The van der Waals surface area contributed by atoms with Crippen LogP contribution in [0.4, 0.5) is 0 Å². The fourth-order valence-corrected chi connectivity index (χ4v) is 3.09. The maximum absolute atomic E-state index is 11.3. The molecule has 1 aliphatic rings. The predicted molar refractivity (Wildman–Crippen MR) is 69.2 cm³/mol. The van der Waals surface area contributed by atoms with Crippen molar-refractivity contribution in [2.24, 2.45) is 0 Å². The van der Waals surface area contributed by atoms with Crippen molar-refractivity contribution in [3.63, 3.8) is 0 Å². The van der Waals surface area contributed by atoms with Crippen LogP contribution in [-0.4, -0.2) is 16.4 Å². The Kier molecular flexibility index (Phi) is 2.82. The molecule has 3 rings (SSSR count). The van der Waals surface area contributed by atoms with Gasteiger partial charge in [-0.05, 0) is 12.0 Å². The van der Waals surface area contributed by atoms with Gasteiger partial charge in [0.25, 0.3) is 0 Å². The number of H-pyrrole nitrogens is 1. The Balaban J connectivity index is 1.74. The van der Waals surface area contributed by atoms with Crippen molar-refractivity contribution in [2.45, 2.75) is 19.5 Å². The zero-order chi connectivity index (χ0) is 11.7. The van der Waals surface area contributed by atoms with Crippen molar-refractivity contribution in [1.29, 1.82) is 0 Å². The minimum atomic E-state index is 0.0801. The molecule has 88 valence electrons. The third kappa shape index (κ3) is 2.33. The van der Waals surface area contributed by atoms with Crippen LogP contribution < -0.4 is 4.87 Å². The van der Waals surface area contributed by atoms with Gasteiger partial charge >= 0.3 is 4.87 Å². The molecule has 0 unspecified atom stereocenters. The summed E-state index contributed by atoms with van der Waals surface area (Å²) in [7, 11) is 0. The number of nitrogens with one attached hydrogen (secondary N) is 1. The summed E-state index contributed by atoms with van der Waals surface area (Å²) in [6.07, 6.45) is 0.992. The molecule has 0 fully saturated rings. The smallest absolute Gasteiger partial charge is 0.304 e. The van der Waals surface area contributed by atoms with Gasteiger partial charge in [-0.15, -0.1) is 0 Å². The summed E-state index contributed by atoms with van der Waals surface area (Å²) < 4.78 is 0. The van der Waals surface area contributed by atoms with E-state index in [9.17, 15) is 4.79 Å². The molecule has 2 aromatic rings. The quantitative estimate of drug-likeness (QED) is 0.879. The number of nitrogens with zero attached hydrogens (tertiary/aromatic N) is 1. The lowest BCUT2D eigenvalue weighted by molar-refractivity contribution is 0.244. The van der Waals surface area contributed by atoms with E-state index in [1.165, 1.54) is 21.8 Å². The molecule has 1 N–H and O–H groups in total. The van der Waals surface area contributed by atoms with Crippen LogP contribution in [0, 0.1) is 0 Å². The SMILES string of the molecule is O=c1[nH]c2c(s1)CCN(Cc1ccccc1)C2. The van der Waals surface area contributed by atoms with Crippen molar-refractivity contribution >= 4 is 11.3 Å². The van der Waals surface area contributed by atoms with Crippen LogP contribution in [0.15, 0.2) is 35.1 Å². The molecule has 0 atom stereocenters. The molecular weight excluding hydrogens is 232 g/mol. The minimum absolute atomic E-state index is 0.0801. The summed E-state index contributed by atoms with van der Waals surface area (Å²) in [5, 5.41) is 0. The molecule has 1 aromatic heterocycles. The minimum Gasteiger partial charge on any atom is -0.315 e. The van der Waals surface area contributed by atoms with E-state index in [0.29, 0.717) is 0 Å². The number of aromatic amines is 1. The number of fused-ring (bicyclic) bond motifs is 1. The Morgan fingerprint density at radius 2 is 2.12 bits per heavy atom. The highest BCUT2D eigenvalue weighted by atomic mass is 32.1. The highest BCUT2D eigenvalue weighted by Crippen LogP contribution is 2.20. The normalized spacial score (nSPS) is 15.8. The molecule has 0 radical (unpaired) electrons. The van der Waals surface area contributed by atoms with E-state index in [2.05, 4.69) is 34.1 Å². The molecule has 0 amide bonds. The molecule has 0 saturated carbocycles. The first-order valence-corrected chi connectivity index (χ1v) is 6.60. The van der Waals surface area contributed by atoms with E-state index >= 15 is 0 Å². The van der Waals surface area contributed by atoms with Gasteiger partial charge in [0.05, 0.1) is 0 Å². The maximum atomic E-state index is 11.3. The van der Waals surface area contributed by atoms with Gasteiger partial charge in [-0.3, -0.25) is 9.69 Å². The summed E-state index contributed by atoms with van der Waals surface area (Å²) in [5.74, 6) is 0. The number of rotatable bonds is 2. The zero-order valence-electron chi connectivity index (χ0n) is 9.48. The van der Waals surface area contributed by atoms with E-state index in [1.807, 2.05) is 6.07 Å². The topological polar surface area (TPSA) is 36.1 Å². The Labute approximate surface area is 104 Å². The van der Waals surface area contributed by atoms with Crippen LogP contribution in [0.25, 0.3) is 0 Å². The molecule has 0 aliphatic carbocycles. The number of benzene rings is 1.